The maximum atomic E-state index is 11.7. The summed E-state index contributed by atoms with van der Waals surface area (Å²) < 4.78 is 19.3. The lowest BCUT2D eigenvalue weighted by Gasteiger charge is -2.10. The number of nitrogens with one attached hydrogen (secondary N) is 4. The number of benzene rings is 2. The maximum absolute atomic E-state index is 11.7. The second-order valence-electron chi connectivity index (χ2n) is 7.05. The Bertz CT molecular complexity index is 866. The molecule has 2 aromatic carbocycles. The third-order valence-corrected chi connectivity index (χ3v) is 4.40. The second kappa shape index (κ2) is 17.3. The SMILES string of the molecule is O=C(NCCNCCNCCNC(=O)OCOC(=O)c1ccccc1)OCOC(=O)c1ccccc1. The Kier molecular flexibility index (Phi) is 13.5. The molecule has 0 unspecified atom stereocenters. The van der Waals surface area contributed by atoms with Crippen LogP contribution in [0.3, 0.4) is 0 Å². The number of amides is 2. The van der Waals surface area contributed by atoms with Crippen molar-refractivity contribution in [1.29, 1.82) is 0 Å². The van der Waals surface area contributed by atoms with Gasteiger partial charge in [-0.2, -0.15) is 0 Å². The molecule has 12 heteroatoms. The van der Waals surface area contributed by atoms with Crippen LogP contribution in [0.15, 0.2) is 60.7 Å². The molecule has 0 saturated heterocycles. The molecule has 2 amide bonds. The highest BCUT2D eigenvalue weighted by atomic mass is 16.7. The van der Waals surface area contributed by atoms with Crippen molar-refractivity contribution >= 4 is 24.1 Å². The van der Waals surface area contributed by atoms with E-state index in [4.69, 9.17) is 18.9 Å². The van der Waals surface area contributed by atoms with Crippen LogP contribution < -0.4 is 21.3 Å². The van der Waals surface area contributed by atoms with Gasteiger partial charge in [-0.05, 0) is 24.3 Å². The van der Waals surface area contributed by atoms with E-state index in [2.05, 4.69) is 21.3 Å². The van der Waals surface area contributed by atoms with Crippen molar-refractivity contribution < 1.29 is 38.1 Å². The molecule has 0 radical (unpaired) electrons. The molecule has 0 aliphatic heterocycles. The Labute approximate surface area is 208 Å². The minimum atomic E-state index is -0.691. The molecular formula is C24H30N4O8. The number of alkyl carbamates (subject to hydrolysis) is 2. The van der Waals surface area contributed by atoms with E-state index in [1.165, 1.54) is 0 Å². The van der Waals surface area contributed by atoms with Crippen LogP contribution in [0.4, 0.5) is 9.59 Å². The number of esters is 2. The minimum absolute atomic E-state index is 0.327. The Morgan fingerprint density at radius 3 is 1.25 bits per heavy atom. The van der Waals surface area contributed by atoms with Crippen LogP contribution in [0.1, 0.15) is 20.7 Å². The number of rotatable bonds is 15. The minimum Gasteiger partial charge on any atom is -0.424 e. The lowest BCUT2D eigenvalue weighted by Crippen LogP contribution is -2.37. The number of ether oxygens (including phenoxy) is 4. The summed E-state index contributed by atoms with van der Waals surface area (Å²) >= 11 is 0. The van der Waals surface area contributed by atoms with E-state index >= 15 is 0 Å². The summed E-state index contributed by atoms with van der Waals surface area (Å²) in [5.74, 6) is -1.15. The van der Waals surface area contributed by atoms with Crippen molar-refractivity contribution in [2.45, 2.75) is 0 Å². The summed E-state index contributed by atoms with van der Waals surface area (Å²) in [4.78, 5) is 46.5. The van der Waals surface area contributed by atoms with Gasteiger partial charge >= 0.3 is 24.1 Å². The fourth-order valence-corrected chi connectivity index (χ4v) is 2.62. The first-order valence-electron chi connectivity index (χ1n) is 11.2. The van der Waals surface area contributed by atoms with E-state index in [0.29, 0.717) is 50.4 Å². The summed E-state index contributed by atoms with van der Waals surface area (Å²) in [6.07, 6.45) is -1.38. The van der Waals surface area contributed by atoms with Gasteiger partial charge in [-0.15, -0.1) is 0 Å². The van der Waals surface area contributed by atoms with Crippen LogP contribution in [0.5, 0.6) is 0 Å². The van der Waals surface area contributed by atoms with Crippen LogP contribution in [-0.4, -0.2) is 77.0 Å². The highest BCUT2D eigenvalue weighted by Crippen LogP contribution is 2.01. The average Bonchev–Trinajstić information content (AvgIpc) is 2.90. The van der Waals surface area contributed by atoms with E-state index in [0.717, 1.165) is 0 Å². The lowest BCUT2D eigenvalue weighted by atomic mass is 10.2. The summed E-state index contributed by atoms with van der Waals surface area (Å²) in [6.45, 7) is 1.98. The van der Waals surface area contributed by atoms with E-state index < -0.39 is 37.7 Å². The molecule has 0 spiro atoms. The molecule has 4 N–H and O–H groups in total. The zero-order valence-electron chi connectivity index (χ0n) is 19.7. The molecule has 194 valence electrons. The van der Waals surface area contributed by atoms with Gasteiger partial charge in [0.1, 0.15) is 0 Å². The summed E-state index contributed by atoms with van der Waals surface area (Å²) in [5, 5.41) is 11.3. The Hall–Kier alpha value is -4.16. The van der Waals surface area contributed by atoms with Crippen LogP contribution in [0.2, 0.25) is 0 Å². The van der Waals surface area contributed by atoms with Gasteiger partial charge in [0.05, 0.1) is 11.1 Å². The Morgan fingerprint density at radius 1 is 0.500 bits per heavy atom. The largest absolute Gasteiger partial charge is 0.424 e. The third-order valence-electron chi connectivity index (χ3n) is 4.40. The zero-order valence-corrected chi connectivity index (χ0v) is 19.7. The standard InChI is InChI=1S/C24H30N4O8/c29-21(19-7-3-1-4-8-19)33-17-35-23(31)27-15-13-25-11-12-26-14-16-28-24(32)36-18-34-22(30)20-9-5-2-6-10-20/h1-10,25-26H,11-18H2,(H,27,31)(H,28,32). The number of hydrogen-bond donors (Lipinski definition) is 4. The predicted octanol–water partition coefficient (Wildman–Crippen LogP) is 1.25. The molecule has 12 nitrogen and oxygen atoms in total. The first kappa shape index (κ1) is 28.1. The molecule has 0 saturated carbocycles. The highest BCUT2D eigenvalue weighted by Gasteiger charge is 2.08. The van der Waals surface area contributed by atoms with E-state index in [9.17, 15) is 19.2 Å². The molecule has 2 rings (SSSR count). The van der Waals surface area contributed by atoms with Gasteiger partial charge in [-0.1, -0.05) is 36.4 Å². The van der Waals surface area contributed by atoms with Crippen molar-refractivity contribution in [3.63, 3.8) is 0 Å². The maximum Gasteiger partial charge on any atom is 0.410 e. The molecule has 2 aromatic rings. The fourth-order valence-electron chi connectivity index (χ4n) is 2.62. The quantitative estimate of drug-likeness (QED) is 0.159. The first-order valence-corrected chi connectivity index (χ1v) is 11.2. The molecule has 0 aliphatic carbocycles. The normalized spacial score (nSPS) is 10.1. The van der Waals surface area contributed by atoms with Gasteiger partial charge in [0, 0.05) is 39.3 Å². The van der Waals surface area contributed by atoms with Crippen LogP contribution in [-0.2, 0) is 18.9 Å². The Balaban J connectivity index is 1.35. The summed E-state index contributed by atoms with van der Waals surface area (Å²) in [6, 6.07) is 16.8. The van der Waals surface area contributed by atoms with Gasteiger partial charge in [0.25, 0.3) is 0 Å². The first-order chi connectivity index (χ1) is 17.6. The van der Waals surface area contributed by atoms with Gasteiger partial charge in [-0.3, -0.25) is 0 Å². The van der Waals surface area contributed by atoms with E-state index in [-0.39, 0.29) is 0 Å². The van der Waals surface area contributed by atoms with Crippen molar-refractivity contribution in [1.82, 2.24) is 21.3 Å². The smallest absolute Gasteiger partial charge is 0.410 e. The summed E-state index contributed by atoms with van der Waals surface area (Å²) in [7, 11) is 0. The van der Waals surface area contributed by atoms with Crippen LogP contribution in [0, 0.1) is 0 Å². The van der Waals surface area contributed by atoms with Crippen molar-refractivity contribution in [3.8, 4) is 0 Å². The number of carbonyl (C=O) groups is 4. The number of carbonyl (C=O) groups excluding carboxylic acids is 4. The monoisotopic (exact) mass is 502 g/mol. The molecule has 0 atom stereocenters. The van der Waals surface area contributed by atoms with Crippen LogP contribution in [0.25, 0.3) is 0 Å². The molecule has 0 fully saturated rings. The molecule has 36 heavy (non-hydrogen) atoms. The van der Waals surface area contributed by atoms with Gasteiger partial charge < -0.3 is 40.2 Å². The lowest BCUT2D eigenvalue weighted by molar-refractivity contribution is -0.00361. The van der Waals surface area contributed by atoms with Gasteiger partial charge in [0.2, 0.25) is 13.6 Å². The molecule has 0 aromatic heterocycles. The average molecular weight is 503 g/mol. The van der Waals surface area contributed by atoms with Gasteiger partial charge in [-0.25, -0.2) is 19.2 Å². The van der Waals surface area contributed by atoms with E-state index in [1.807, 2.05) is 0 Å². The van der Waals surface area contributed by atoms with Gasteiger partial charge in [0.15, 0.2) is 0 Å². The Morgan fingerprint density at radius 2 is 0.861 bits per heavy atom. The molecular weight excluding hydrogens is 472 g/mol. The third kappa shape index (κ3) is 12.3. The summed E-state index contributed by atoms with van der Waals surface area (Å²) in [5.41, 5.74) is 0.744. The zero-order chi connectivity index (χ0) is 25.8. The van der Waals surface area contributed by atoms with E-state index in [1.54, 1.807) is 60.7 Å². The highest BCUT2D eigenvalue weighted by molar-refractivity contribution is 5.89. The second-order valence-corrected chi connectivity index (χ2v) is 7.05. The van der Waals surface area contributed by atoms with Crippen LogP contribution >= 0.6 is 0 Å². The molecule has 0 aliphatic rings. The van der Waals surface area contributed by atoms with Crippen molar-refractivity contribution in [2.75, 3.05) is 52.9 Å². The van der Waals surface area contributed by atoms with Crippen molar-refractivity contribution in [3.05, 3.63) is 71.8 Å². The topological polar surface area (TPSA) is 153 Å². The molecule has 0 heterocycles. The fraction of sp³-hybridized carbons (Fsp3) is 0.333. The number of hydrogen-bond acceptors (Lipinski definition) is 10. The predicted molar refractivity (Wildman–Crippen MR) is 128 cm³/mol. The molecule has 0 bridgehead atoms. The van der Waals surface area contributed by atoms with Crippen molar-refractivity contribution in [2.24, 2.45) is 0 Å².